The molecule has 1 aliphatic heterocycles. The molecule has 0 atom stereocenters. The zero-order chi connectivity index (χ0) is 14.7. The molecule has 0 amide bonds. The monoisotopic (exact) mass is 280 g/mol. The van der Waals surface area contributed by atoms with E-state index in [4.69, 9.17) is 0 Å². The lowest BCUT2D eigenvalue weighted by Crippen LogP contribution is -2.43. The standard InChI is InChI=1S/C12H16N4O4/c1-13-2-4-14(5-3-13)9-10-6-11(15(17)18)8-12(7-10)16(19)20/h6-8H,2-5,9H2,1H3. The van der Waals surface area contributed by atoms with Crippen LogP contribution in [-0.4, -0.2) is 52.9 Å². The van der Waals surface area contributed by atoms with E-state index >= 15 is 0 Å². The summed E-state index contributed by atoms with van der Waals surface area (Å²) in [6, 6.07) is 3.81. The van der Waals surface area contributed by atoms with Crippen LogP contribution in [0, 0.1) is 20.2 Å². The second-order valence-electron chi connectivity index (χ2n) is 4.95. The minimum atomic E-state index is -0.597. The van der Waals surface area contributed by atoms with Gasteiger partial charge >= 0.3 is 0 Å². The first-order chi connectivity index (χ1) is 9.45. The normalized spacial score (nSPS) is 17.1. The van der Waals surface area contributed by atoms with Crippen molar-refractivity contribution in [3.05, 3.63) is 44.0 Å². The van der Waals surface area contributed by atoms with Crippen molar-refractivity contribution in [2.45, 2.75) is 6.54 Å². The van der Waals surface area contributed by atoms with Crippen LogP contribution >= 0.6 is 0 Å². The Morgan fingerprint density at radius 1 is 1.00 bits per heavy atom. The van der Waals surface area contributed by atoms with Crippen LogP contribution in [0.1, 0.15) is 5.56 Å². The molecule has 0 aliphatic carbocycles. The summed E-state index contributed by atoms with van der Waals surface area (Å²) in [4.78, 5) is 24.8. The molecule has 2 rings (SSSR count). The van der Waals surface area contributed by atoms with Gasteiger partial charge in [-0.3, -0.25) is 25.1 Å². The van der Waals surface area contributed by atoms with Crippen molar-refractivity contribution in [3.8, 4) is 0 Å². The van der Waals surface area contributed by atoms with Gasteiger partial charge in [0, 0.05) is 44.9 Å². The van der Waals surface area contributed by atoms with E-state index in [0.29, 0.717) is 12.1 Å². The number of likely N-dealkylation sites (N-methyl/N-ethyl adjacent to an activating group) is 1. The lowest BCUT2D eigenvalue weighted by atomic mass is 10.1. The number of benzene rings is 1. The molecule has 1 aliphatic rings. The third-order valence-electron chi connectivity index (χ3n) is 3.39. The van der Waals surface area contributed by atoms with Gasteiger partial charge in [-0.1, -0.05) is 0 Å². The molecule has 8 nitrogen and oxygen atoms in total. The fourth-order valence-corrected chi connectivity index (χ4v) is 2.22. The summed E-state index contributed by atoms with van der Waals surface area (Å²) in [5.74, 6) is 0. The Hall–Kier alpha value is -2.06. The largest absolute Gasteiger partial charge is 0.304 e. The van der Waals surface area contributed by atoms with Gasteiger partial charge in [-0.25, -0.2) is 0 Å². The van der Waals surface area contributed by atoms with E-state index in [1.54, 1.807) is 0 Å². The van der Waals surface area contributed by atoms with Crippen molar-refractivity contribution in [2.24, 2.45) is 0 Å². The van der Waals surface area contributed by atoms with Gasteiger partial charge in [-0.2, -0.15) is 0 Å². The Kier molecular flexibility index (Phi) is 4.26. The summed E-state index contributed by atoms with van der Waals surface area (Å²) in [5, 5.41) is 21.7. The van der Waals surface area contributed by atoms with E-state index in [1.165, 1.54) is 12.1 Å². The Labute approximate surface area is 115 Å². The number of rotatable bonds is 4. The molecule has 0 radical (unpaired) electrons. The first-order valence-electron chi connectivity index (χ1n) is 6.29. The van der Waals surface area contributed by atoms with E-state index in [2.05, 4.69) is 9.80 Å². The minimum absolute atomic E-state index is 0.233. The first-order valence-corrected chi connectivity index (χ1v) is 6.29. The maximum Gasteiger partial charge on any atom is 0.276 e. The molecule has 1 fully saturated rings. The number of hydrogen-bond donors (Lipinski definition) is 0. The van der Waals surface area contributed by atoms with E-state index in [0.717, 1.165) is 32.2 Å². The molecule has 0 bridgehead atoms. The molecular formula is C12H16N4O4. The van der Waals surface area contributed by atoms with Crippen molar-refractivity contribution in [1.29, 1.82) is 0 Å². The smallest absolute Gasteiger partial charge is 0.276 e. The first kappa shape index (κ1) is 14.4. The fourth-order valence-electron chi connectivity index (χ4n) is 2.22. The number of non-ortho nitro benzene ring substituents is 2. The Bertz CT molecular complexity index is 494. The Morgan fingerprint density at radius 3 is 1.95 bits per heavy atom. The summed E-state index contributed by atoms with van der Waals surface area (Å²) in [6.07, 6.45) is 0. The number of nitro benzene ring substituents is 2. The van der Waals surface area contributed by atoms with Crippen LogP contribution in [0.4, 0.5) is 11.4 Å². The average Bonchev–Trinajstić information content (AvgIpc) is 2.41. The van der Waals surface area contributed by atoms with E-state index < -0.39 is 9.85 Å². The number of hydrogen-bond acceptors (Lipinski definition) is 6. The van der Waals surface area contributed by atoms with Crippen molar-refractivity contribution >= 4 is 11.4 Å². The highest BCUT2D eigenvalue weighted by Gasteiger charge is 2.19. The molecule has 8 heteroatoms. The van der Waals surface area contributed by atoms with Gasteiger partial charge in [0.1, 0.15) is 0 Å². The lowest BCUT2D eigenvalue weighted by Gasteiger charge is -2.32. The minimum Gasteiger partial charge on any atom is -0.304 e. The van der Waals surface area contributed by atoms with Crippen LogP contribution in [0.2, 0.25) is 0 Å². The molecule has 108 valence electrons. The van der Waals surface area contributed by atoms with Crippen LogP contribution in [0.15, 0.2) is 18.2 Å². The Morgan fingerprint density at radius 2 is 1.50 bits per heavy atom. The summed E-state index contributed by atoms with van der Waals surface area (Å²) >= 11 is 0. The predicted molar refractivity (Wildman–Crippen MR) is 72.5 cm³/mol. The van der Waals surface area contributed by atoms with Gasteiger partial charge in [-0.05, 0) is 12.6 Å². The summed E-state index contributed by atoms with van der Waals surface area (Å²) in [7, 11) is 2.04. The molecule has 1 aromatic rings. The van der Waals surface area contributed by atoms with Gasteiger partial charge in [0.2, 0.25) is 0 Å². The van der Waals surface area contributed by atoms with Gasteiger partial charge in [-0.15, -0.1) is 0 Å². The van der Waals surface area contributed by atoms with Crippen LogP contribution in [0.5, 0.6) is 0 Å². The maximum atomic E-state index is 10.8. The molecule has 0 spiro atoms. The summed E-state index contributed by atoms with van der Waals surface area (Å²) in [6.45, 7) is 4.06. The van der Waals surface area contributed by atoms with Crippen LogP contribution in [0.25, 0.3) is 0 Å². The summed E-state index contributed by atoms with van der Waals surface area (Å²) in [5.41, 5.74) is 0.141. The van der Waals surface area contributed by atoms with E-state index in [9.17, 15) is 20.2 Å². The molecule has 0 saturated carbocycles. The third-order valence-corrected chi connectivity index (χ3v) is 3.39. The van der Waals surface area contributed by atoms with E-state index in [1.807, 2.05) is 7.05 Å². The quantitative estimate of drug-likeness (QED) is 0.608. The van der Waals surface area contributed by atoms with Gasteiger partial charge in [0.15, 0.2) is 0 Å². The number of nitrogens with zero attached hydrogens (tertiary/aromatic N) is 4. The fraction of sp³-hybridized carbons (Fsp3) is 0.500. The molecule has 0 N–H and O–H groups in total. The highest BCUT2D eigenvalue weighted by atomic mass is 16.6. The van der Waals surface area contributed by atoms with Gasteiger partial charge < -0.3 is 4.90 Å². The van der Waals surface area contributed by atoms with Crippen LogP contribution in [-0.2, 0) is 6.54 Å². The topological polar surface area (TPSA) is 92.8 Å². The average molecular weight is 280 g/mol. The highest BCUT2D eigenvalue weighted by Crippen LogP contribution is 2.23. The lowest BCUT2D eigenvalue weighted by molar-refractivity contribution is -0.394. The third kappa shape index (κ3) is 3.49. The molecule has 20 heavy (non-hydrogen) atoms. The second-order valence-corrected chi connectivity index (χ2v) is 4.95. The highest BCUT2D eigenvalue weighted by molar-refractivity contribution is 5.46. The molecule has 1 saturated heterocycles. The zero-order valence-electron chi connectivity index (χ0n) is 11.2. The molecule has 0 unspecified atom stereocenters. The van der Waals surface area contributed by atoms with Gasteiger partial charge in [0.05, 0.1) is 15.9 Å². The van der Waals surface area contributed by atoms with Crippen molar-refractivity contribution < 1.29 is 9.85 Å². The van der Waals surface area contributed by atoms with Crippen LogP contribution in [0.3, 0.4) is 0 Å². The van der Waals surface area contributed by atoms with Gasteiger partial charge in [0.25, 0.3) is 11.4 Å². The Balaban J connectivity index is 2.18. The predicted octanol–water partition coefficient (Wildman–Crippen LogP) is 1.25. The van der Waals surface area contributed by atoms with Crippen molar-refractivity contribution in [1.82, 2.24) is 9.80 Å². The van der Waals surface area contributed by atoms with E-state index in [-0.39, 0.29) is 11.4 Å². The number of nitro groups is 2. The SMILES string of the molecule is CN1CCN(Cc2cc([N+](=O)[O-])cc([N+](=O)[O-])c2)CC1. The van der Waals surface area contributed by atoms with Crippen molar-refractivity contribution in [2.75, 3.05) is 33.2 Å². The summed E-state index contributed by atoms with van der Waals surface area (Å²) < 4.78 is 0. The van der Waals surface area contributed by atoms with Crippen molar-refractivity contribution in [3.63, 3.8) is 0 Å². The molecule has 1 heterocycles. The molecule has 1 aromatic carbocycles. The zero-order valence-corrected chi connectivity index (χ0v) is 11.2. The molecular weight excluding hydrogens is 264 g/mol. The number of piperazine rings is 1. The maximum absolute atomic E-state index is 10.8. The molecule has 0 aromatic heterocycles. The van der Waals surface area contributed by atoms with Crippen LogP contribution < -0.4 is 0 Å². The second kappa shape index (κ2) is 5.93.